The molecule has 0 radical (unpaired) electrons. The average Bonchev–Trinajstić information content (AvgIpc) is 3.73. The Hall–Kier alpha value is -4.66. The highest BCUT2D eigenvalue weighted by atomic mass is 32.2. The second-order valence-corrected chi connectivity index (χ2v) is 14.3. The van der Waals surface area contributed by atoms with Crippen LogP contribution in [0.4, 0.5) is 17.3 Å². The number of hydrogen-bond acceptors (Lipinski definition) is 10. The molecule has 2 saturated heterocycles. The second-order valence-electron chi connectivity index (χ2n) is 12.4. The topological polar surface area (TPSA) is 152 Å². The molecule has 1 atom stereocenters. The maximum absolute atomic E-state index is 14.4. The maximum Gasteiger partial charge on any atom is 0.260 e. The van der Waals surface area contributed by atoms with Gasteiger partial charge >= 0.3 is 0 Å². The summed E-state index contributed by atoms with van der Waals surface area (Å²) in [5.74, 6) is 0.367. The number of benzene rings is 1. The molecule has 0 saturated carbocycles. The Bertz CT molecular complexity index is 2100. The lowest BCUT2D eigenvalue weighted by Crippen LogP contribution is -2.40. The molecule has 1 unspecified atom stereocenters. The summed E-state index contributed by atoms with van der Waals surface area (Å²) in [6.45, 7) is 4.60. The Kier molecular flexibility index (Phi) is 8.24. The lowest BCUT2D eigenvalue weighted by molar-refractivity contribution is 0.275. The Labute approximate surface area is 273 Å². The van der Waals surface area contributed by atoms with E-state index in [1.54, 1.807) is 27.8 Å². The Morgan fingerprint density at radius 2 is 1.72 bits per heavy atom. The van der Waals surface area contributed by atoms with Crippen molar-refractivity contribution in [3.8, 4) is 22.5 Å². The van der Waals surface area contributed by atoms with Crippen LogP contribution in [0.5, 0.6) is 0 Å². The van der Waals surface area contributed by atoms with Gasteiger partial charge in [0.2, 0.25) is 16.0 Å². The van der Waals surface area contributed by atoms with E-state index < -0.39 is 10.0 Å². The van der Waals surface area contributed by atoms with Crippen LogP contribution in [0.1, 0.15) is 30.9 Å². The Morgan fingerprint density at radius 1 is 0.957 bits per heavy atom. The minimum absolute atomic E-state index is 0.199. The van der Waals surface area contributed by atoms with Crippen LogP contribution in [0.2, 0.25) is 0 Å². The molecule has 3 N–H and O–H groups in total. The number of fused-ring (bicyclic) bond motifs is 1. The molecule has 0 aliphatic carbocycles. The van der Waals surface area contributed by atoms with Crippen molar-refractivity contribution in [2.45, 2.75) is 38.3 Å². The van der Waals surface area contributed by atoms with Crippen LogP contribution < -0.4 is 21.5 Å². The van der Waals surface area contributed by atoms with Gasteiger partial charge in [-0.2, -0.15) is 10.1 Å². The van der Waals surface area contributed by atoms with Gasteiger partial charge in [-0.05, 0) is 80.8 Å². The van der Waals surface area contributed by atoms with Crippen LogP contribution in [-0.2, 0) is 17.1 Å². The van der Waals surface area contributed by atoms with Gasteiger partial charge in [0, 0.05) is 85.2 Å². The van der Waals surface area contributed by atoms with Gasteiger partial charge in [0.25, 0.3) is 5.56 Å². The minimum atomic E-state index is -3.33. The van der Waals surface area contributed by atoms with Crippen molar-refractivity contribution in [2.75, 3.05) is 43.1 Å². The third-order valence-electron chi connectivity index (χ3n) is 9.09. The molecule has 0 bridgehead atoms. The molecule has 244 valence electrons. The molecule has 1 aromatic carbocycles. The van der Waals surface area contributed by atoms with Gasteiger partial charge in [-0.1, -0.05) is 0 Å². The number of rotatable bonds is 8. The number of pyridine rings is 2. The van der Waals surface area contributed by atoms with Crippen molar-refractivity contribution >= 4 is 38.4 Å². The summed E-state index contributed by atoms with van der Waals surface area (Å²) in [5, 5.41) is 15.2. The first-order chi connectivity index (χ1) is 22.6. The number of anilines is 3. The predicted molar refractivity (Wildman–Crippen MR) is 183 cm³/mol. The number of sulfonamides is 1. The monoisotopic (exact) mass is 654 g/mol. The molecular weight excluding hydrogens is 616 g/mol. The average molecular weight is 655 g/mol. The quantitative estimate of drug-likeness (QED) is 0.226. The van der Waals surface area contributed by atoms with Gasteiger partial charge in [0.1, 0.15) is 5.65 Å². The second kappa shape index (κ2) is 12.5. The molecule has 13 nitrogen and oxygen atoms in total. The molecular formula is C33H38N10O3S. The highest BCUT2D eigenvalue weighted by Gasteiger charge is 2.29. The molecule has 7 rings (SSSR count). The summed E-state index contributed by atoms with van der Waals surface area (Å²) in [7, 11) is -1.47. The third kappa shape index (κ3) is 6.35. The van der Waals surface area contributed by atoms with Gasteiger partial charge in [-0.15, -0.1) is 0 Å². The van der Waals surface area contributed by atoms with E-state index in [4.69, 9.17) is 4.98 Å². The van der Waals surface area contributed by atoms with Crippen LogP contribution in [-0.4, -0.2) is 80.5 Å². The van der Waals surface area contributed by atoms with E-state index in [9.17, 15) is 13.2 Å². The molecule has 0 amide bonds. The van der Waals surface area contributed by atoms with Crippen LogP contribution in [0.3, 0.4) is 0 Å². The maximum atomic E-state index is 14.4. The molecule has 2 aliphatic heterocycles. The number of nitrogens with one attached hydrogen (secondary N) is 3. The highest BCUT2D eigenvalue weighted by molar-refractivity contribution is 7.88. The summed E-state index contributed by atoms with van der Waals surface area (Å²) in [4.78, 5) is 28.6. The van der Waals surface area contributed by atoms with Gasteiger partial charge in [0.15, 0.2) is 0 Å². The van der Waals surface area contributed by atoms with E-state index in [0.29, 0.717) is 54.5 Å². The highest BCUT2D eigenvalue weighted by Crippen LogP contribution is 2.31. The minimum Gasteiger partial charge on any atom is -0.381 e. The SMILES string of the molecule is Cc1cc(-c2ccnn2C)ncc1-c1cc2cnc(Nc3ccc(NC4CCNC4)cc3)nc2n(C2CCN(S(C)(=O)=O)CC2)c1=O. The fraction of sp³-hybridized carbons (Fsp3) is 0.364. The summed E-state index contributed by atoms with van der Waals surface area (Å²) in [6.07, 6.45) is 8.47. The number of hydrogen-bond donors (Lipinski definition) is 3. The van der Waals surface area contributed by atoms with Crippen molar-refractivity contribution in [1.29, 1.82) is 0 Å². The lowest BCUT2D eigenvalue weighted by atomic mass is 10.00. The molecule has 14 heteroatoms. The summed E-state index contributed by atoms with van der Waals surface area (Å²) >= 11 is 0. The summed E-state index contributed by atoms with van der Waals surface area (Å²) < 4.78 is 29.5. The van der Waals surface area contributed by atoms with Gasteiger partial charge in [0.05, 0.1) is 17.6 Å². The van der Waals surface area contributed by atoms with Gasteiger partial charge < -0.3 is 16.0 Å². The number of aryl methyl sites for hydroxylation is 2. The molecule has 5 aromatic rings. The first kappa shape index (κ1) is 31.0. The Morgan fingerprint density at radius 3 is 2.38 bits per heavy atom. The van der Waals surface area contributed by atoms with Crippen molar-refractivity contribution in [3.63, 3.8) is 0 Å². The largest absolute Gasteiger partial charge is 0.381 e. The van der Waals surface area contributed by atoms with Gasteiger partial charge in [-0.25, -0.2) is 17.7 Å². The standard InChI is InChI=1S/C33H38N10O3S/c1-21-16-29(30-9-13-37-41(30)2)35-20-28(21)27-17-22-18-36-33(39-24-6-4-23(5-7-24)38-25-8-12-34-19-25)40-31(22)43(32(27)44)26-10-14-42(15-11-26)47(3,45)46/h4-7,9,13,16-18,20,25-26,34,38H,8,10-12,14-15,19H2,1-3H3,(H,36,39,40). The Balaban J connectivity index is 1.25. The third-order valence-corrected chi connectivity index (χ3v) is 10.4. The van der Waals surface area contributed by atoms with Crippen molar-refractivity contribution in [3.05, 3.63) is 77.0 Å². The fourth-order valence-corrected chi connectivity index (χ4v) is 7.41. The molecule has 6 heterocycles. The van der Waals surface area contributed by atoms with E-state index in [1.807, 2.05) is 56.4 Å². The normalized spacial score (nSPS) is 17.7. The predicted octanol–water partition coefficient (Wildman–Crippen LogP) is 3.68. The molecule has 4 aromatic heterocycles. The smallest absolute Gasteiger partial charge is 0.260 e. The molecule has 0 spiro atoms. The van der Waals surface area contributed by atoms with Crippen molar-refractivity contribution in [2.24, 2.45) is 7.05 Å². The zero-order valence-corrected chi connectivity index (χ0v) is 27.5. The van der Waals surface area contributed by atoms with Crippen LogP contribution in [0, 0.1) is 6.92 Å². The zero-order valence-electron chi connectivity index (χ0n) is 26.6. The van der Waals surface area contributed by atoms with E-state index in [2.05, 4.69) is 31.0 Å². The van der Waals surface area contributed by atoms with Crippen LogP contribution in [0.15, 0.2) is 65.8 Å². The van der Waals surface area contributed by atoms with Crippen molar-refractivity contribution < 1.29 is 8.42 Å². The van der Waals surface area contributed by atoms with E-state index in [1.165, 1.54) is 10.6 Å². The lowest BCUT2D eigenvalue weighted by Gasteiger charge is -2.32. The van der Waals surface area contributed by atoms with Gasteiger partial charge in [-0.3, -0.25) is 19.0 Å². The summed E-state index contributed by atoms with van der Waals surface area (Å²) in [5.41, 5.74) is 5.91. The number of aromatic nitrogens is 6. The van der Waals surface area contributed by atoms with E-state index in [0.717, 1.165) is 53.4 Å². The van der Waals surface area contributed by atoms with Crippen LogP contribution >= 0.6 is 0 Å². The number of nitrogens with zero attached hydrogens (tertiary/aromatic N) is 7. The van der Waals surface area contributed by atoms with E-state index in [-0.39, 0.29) is 11.6 Å². The first-order valence-corrected chi connectivity index (χ1v) is 17.7. The zero-order chi connectivity index (χ0) is 32.7. The summed E-state index contributed by atoms with van der Waals surface area (Å²) in [6, 6.07) is 13.8. The van der Waals surface area contributed by atoms with Crippen molar-refractivity contribution in [1.82, 2.24) is 38.9 Å². The van der Waals surface area contributed by atoms with E-state index >= 15 is 0 Å². The molecule has 47 heavy (non-hydrogen) atoms. The number of piperidine rings is 1. The fourth-order valence-electron chi connectivity index (χ4n) is 6.54. The first-order valence-electron chi connectivity index (χ1n) is 15.8. The van der Waals surface area contributed by atoms with Crippen LogP contribution in [0.25, 0.3) is 33.5 Å². The molecule has 2 aliphatic rings. The molecule has 2 fully saturated rings.